The van der Waals surface area contributed by atoms with Crippen LogP contribution in [0.15, 0.2) is 48.0 Å². The van der Waals surface area contributed by atoms with Crippen LogP contribution in [0.25, 0.3) is 5.57 Å². The number of hydrogen-bond donors (Lipinski definition) is 1. The van der Waals surface area contributed by atoms with Gasteiger partial charge in [0.1, 0.15) is 17.2 Å². The molecule has 0 unspecified atom stereocenters. The minimum absolute atomic E-state index is 0.322. The Labute approximate surface area is 188 Å². The summed E-state index contributed by atoms with van der Waals surface area (Å²) in [5.41, 5.74) is 3.02. The SMILES string of the molecule is CC.COC(=O)N1CCC(C(C)C)=C(c2ccc(NC(=O)c3c(F)cccc3F)cc2)C1. The summed E-state index contributed by atoms with van der Waals surface area (Å²) in [7, 11) is 1.36. The van der Waals surface area contributed by atoms with Crippen LogP contribution in [0.2, 0.25) is 0 Å². The van der Waals surface area contributed by atoms with Gasteiger partial charge in [0.15, 0.2) is 0 Å². The molecule has 2 aromatic carbocycles. The summed E-state index contributed by atoms with van der Waals surface area (Å²) >= 11 is 0. The van der Waals surface area contributed by atoms with Gasteiger partial charge in [-0.2, -0.15) is 0 Å². The molecule has 0 atom stereocenters. The van der Waals surface area contributed by atoms with Crippen LogP contribution < -0.4 is 5.32 Å². The van der Waals surface area contributed by atoms with Crippen molar-refractivity contribution in [2.45, 2.75) is 34.1 Å². The van der Waals surface area contributed by atoms with Crippen molar-refractivity contribution in [2.24, 2.45) is 5.92 Å². The smallest absolute Gasteiger partial charge is 0.409 e. The predicted molar refractivity (Wildman–Crippen MR) is 122 cm³/mol. The van der Waals surface area contributed by atoms with Gasteiger partial charge >= 0.3 is 6.09 Å². The molecule has 1 aliphatic rings. The van der Waals surface area contributed by atoms with E-state index in [9.17, 15) is 18.4 Å². The van der Waals surface area contributed by atoms with Crippen molar-refractivity contribution in [3.8, 4) is 0 Å². The summed E-state index contributed by atoms with van der Waals surface area (Å²) in [5, 5.41) is 2.52. The third kappa shape index (κ3) is 5.72. The minimum atomic E-state index is -0.916. The van der Waals surface area contributed by atoms with Crippen LogP contribution in [-0.4, -0.2) is 37.1 Å². The Morgan fingerprint density at radius 1 is 1.03 bits per heavy atom. The summed E-state index contributed by atoms with van der Waals surface area (Å²) in [6.45, 7) is 9.26. The normalized spacial score (nSPS) is 13.4. The van der Waals surface area contributed by atoms with Crippen molar-refractivity contribution in [3.05, 3.63) is 70.8 Å². The van der Waals surface area contributed by atoms with Crippen LogP contribution in [0.3, 0.4) is 0 Å². The first-order chi connectivity index (χ1) is 15.3. The van der Waals surface area contributed by atoms with Gasteiger partial charge in [-0.3, -0.25) is 4.79 Å². The zero-order chi connectivity index (χ0) is 23.8. The molecule has 172 valence electrons. The fourth-order valence-electron chi connectivity index (χ4n) is 3.64. The van der Waals surface area contributed by atoms with E-state index in [4.69, 9.17) is 4.74 Å². The molecule has 0 aromatic heterocycles. The molecule has 7 heteroatoms. The number of amides is 2. The number of halogens is 2. The van der Waals surface area contributed by atoms with E-state index in [0.717, 1.165) is 29.7 Å². The highest BCUT2D eigenvalue weighted by atomic mass is 19.1. The zero-order valence-electron chi connectivity index (χ0n) is 19.2. The number of anilines is 1. The molecule has 0 saturated carbocycles. The lowest BCUT2D eigenvalue weighted by Crippen LogP contribution is -2.37. The first-order valence-corrected chi connectivity index (χ1v) is 10.7. The van der Waals surface area contributed by atoms with E-state index >= 15 is 0 Å². The van der Waals surface area contributed by atoms with Gasteiger partial charge in [0, 0.05) is 18.8 Å². The van der Waals surface area contributed by atoms with Gasteiger partial charge in [-0.05, 0) is 47.7 Å². The highest BCUT2D eigenvalue weighted by molar-refractivity contribution is 6.04. The number of carbonyl (C=O) groups is 2. The predicted octanol–water partition coefficient (Wildman–Crippen LogP) is 6.13. The van der Waals surface area contributed by atoms with Gasteiger partial charge in [0.05, 0.1) is 7.11 Å². The van der Waals surface area contributed by atoms with Gasteiger partial charge in [-0.1, -0.05) is 51.5 Å². The fourth-order valence-corrected chi connectivity index (χ4v) is 3.64. The molecule has 0 radical (unpaired) electrons. The first-order valence-electron chi connectivity index (χ1n) is 10.7. The molecule has 0 bridgehead atoms. The van der Waals surface area contributed by atoms with Crippen molar-refractivity contribution >= 4 is 23.3 Å². The van der Waals surface area contributed by atoms with E-state index in [0.29, 0.717) is 24.7 Å². The molecular weight excluding hydrogens is 414 g/mol. The Bertz CT molecular complexity index is 965. The Morgan fingerprint density at radius 3 is 2.16 bits per heavy atom. The summed E-state index contributed by atoms with van der Waals surface area (Å²) < 4.78 is 32.5. The maximum absolute atomic E-state index is 13.8. The first kappa shape index (κ1) is 25.0. The summed E-state index contributed by atoms with van der Waals surface area (Å²) in [5.74, 6) is -2.36. The van der Waals surface area contributed by atoms with E-state index in [1.54, 1.807) is 17.0 Å². The lowest BCUT2D eigenvalue weighted by Gasteiger charge is -2.32. The van der Waals surface area contributed by atoms with Crippen molar-refractivity contribution in [1.29, 1.82) is 0 Å². The number of hydrogen-bond acceptors (Lipinski definition) is 3. The molecule has 32 heavy (non-hydrogen) atoms. The largest absolute Gasteiger partial charge is 0.453 e. The molecule has 1 N–H and O–H groups in total. The van der Waals surface area contributed by atoms with Crippen LogP contribution in [0.1, 0.15) is 50.0 Å². The quantitative estimate of drug-likeness (QED) is 0.618. The van der Waals surface area contributed by atoms with E-state index in [1.807, 2.05) is 26.0 Å². The molecule has 1 aliphatic heterocycles. The van der Waals surface area contributed by atoms with Gasteiger partial charge in [0.2, 0.25) is 0 Å². The van der Waals surface area contributed by atoms with Crippen molar-refractivity contribution in [1.82, 2.24) is 4.90 Å². The van der Waals surface area contributed by atoms with Crippen molar-refractivity contribution < 1.29 is 23.1 Å². The van der Waals surface area contributed by atoms with Crippen molar-refractivity contribution in [3.63, 3.8) is 0 Å². The number of ether oxygens (including phenoxy) is 1. The Balaban J connectivity index is 0.00000176. The van der Waals surface area contributed by atoms with Gasteiger partial charge in [-0.25, -0.2) is 13.6 Å². The molecule has 0 fully saturated rings. The molecule has 0 aliphatic carbocycles. The second-order valence-corrected chi connectivity index (χ2v) is 7.43. The van der Waals surface area contributed by atoms with Crippen LogP contribution in [0.5, 0.6) is 0 Å². The minimum Gasteiger partial charge on any atom is -0.453 e. The monoisotopic (exact) mass is 444 g/mol. The number of benzene rings is 2. The Kier molecular flexibility index (Phi) is 8.93. The fraction of sp³-hybridized carbons (Fsp3) is 0.360. The van der Waals surface area contributed by atoms with Crippen LogP contribution in [0.4, 0.5) is 19.3 Å². The molecule has 0 spiro atoms. The molecule has 0 saturated heterocycles. The number of rotatable bonds is 4. The van der Waals surface area contributed by atoms with Gasteiger partial charge in [-0.15, -0.1) is 0 Å². The highest BCUT2D eigenvalue weighted by Gasteiger charge is 2.25. The van der Waals surface area contributed by atoms with E-state index in [2.05, 4.69) is 19.2 Å². The number of nitrogens with one attached hydrogen (secondary N) is 1. The molecular formula is C25H30F2N2O3. The zero-order valence-corrected chi connectivity index (χ0v) is 19.2. The maximum Gasteiger partial charge on any atom is 0.409 e. The van der Waals surface area contributed by atoms with E-state index in [1.165, 1.54) is 18.7 Å². The van der Waals surface area contributed by atoms with E-state index < -0.39 is 23.1 Å². The van der Waals surface area contributed by atoms with Crippen LogP contribution >= 0.6 is 0 Å². The molecule has 2 amide bonds. The lowest BCUT2D eigenvalue weighted by atomic mass is 9.87. The topological polar surface area (TPSA) is 58.6 Å². The molecule has 2 aromatic rings. The Hall–Kier alpha value is -3.22. The standard InChI is InChI=1S/C23H24F2N2O3.C2H6/c1-14(2)17-11-12-27(23(29)30-3)13-18(17)15-7-9-16(10-8-15)26-22(28)21-19(24)5-4-6-20(21)25;1-2/h4-10,14H,11-13H2,1-3H3,(H,26,28);1-2H3. The Morgan fingerprint density at radius 2 is 1.62 bits per heavy atom. The summed E-state index contributed by atoms with van der Waals surface area (Å²) in [4.78, 5) is 25.9. The van der Waals surface area contributed by atoms with Gasteiger partial charge < -0.3 is 15.0 Å². The maximum atomic E-state index is 13.8. The van der Waals surface area contributed by atoms with Crippen LogP contribution in [-0.2, 0) is 4.74 Å². The summed E-state index contributed by atoms with van der Waals surface area (Å²) in [6, 6.07) is 10.3. The summed E-state index contributed by atoms with van der Waals surface area (Å²) in [6.07, 6.45) is 0.388. The molecule has 1 heterocycles. The number of carbonyl (C=O) groups excluding carboxylic acids is 2. The highest BCUT2D eigenvalue weighted by Crippen LogP contribution is 2.32. The second-order valence-electron chi connectivity index (χ2n) is 7.43. The number of nitrogens with zero attached hydrogens (tertiary/aromatic N) is 1. The molecule has 3 rings (SSSR count). The van der Waals surface area contributed by atoms with Gasteiger partial charge in [0.25, 0.3) is 5.91 Å². The number of methoxy groups -OCH3 is 1. The second kappa shape index (κ2) is 11.4. The average Bonchev–Trinajstić information content (AvgIpc) is 2.79. The van der Waals surface area contributed by atoms with Crippen LogP contribution in [0, 0.1) is 17.6 Å². The average molecular weight is 445 g/mol. The third-order valence-corrected chi connectivity index (χ3v) is 5.20. The molecule has 5 nitrogen and oxygen atoms in total. The van der Waals surface area contributed by atoms with E-state index in [-0.39, 0.29) is 6.09 Å². The third-order valence-electron chi connectivity index (χ3n) is 5.20. The lowest BCUT2D eigenvalue weighted by molar-refractivity contribution is 0.101. The van der Waals surface area contributed by atoms with Crippen molar-refractivity contribution in [2.75, 3.05) is 25.5 Å².